The Morgan fingerprint density at radius 2 is 1.67 bits per heavy atom. The summed E-state index contributed by atoms with van der Waals surface area (Å²) in [6.45, 7) is 4.84. The fraction of sp³-hybridized carbons (Fsp3) is 0.409. The summed E-state index contributed by atoms with van der Waals surface area (Å²) in [4.78, 5) is 16.9. The first-order valence-electron chi connectivity index (χ1n) is 10.1. The van der Waals surface area contributed by atoms with Crippen LogP contribution in [0, 0.1) is 0 Å². The van der Waals surface area contributed by atoms with Crippen LogP contribution in [0.5, 0.6) is 5.75 Å². The highest BCUT2D eigenvalue weighted by molar-refractivity contribution is 7.91. The third-order valence-corrected chi connectivity index (χ3v) is 6.98. The van der Waals surface area contributed by atoms with Crippen molar-refractivity contribution < 1.29 is 17.9 Å². The summed E-state index contributed by atoms with van der Waals surface area (Å²) in [6.07, 6.45) is -0.0290. The van der Waals surface area contributed by atoms with Crippen molar-refractivity contribution in [2.75, 3.05) is 57.0 Å². The first-order chi connectivity index (χ1) is 14.5. The SMILES string of the molecule is COc1ccccc1N1CCN(CCNC(=O)CCS(=O)(=O)c2ccccc2)CC1. The van der Waals surface area contributed by atoms with Gasteiger partial charge >= 0.3 is 0 Å². The highest BCUT2D eigenvalue weighted by Crippen LogP contribution is 2.28. The highest BCUT2D eigenvalue weighted by Gasteiger charge is 2.20. The van der Waals surface area contributed by atoms with E-state index in [0.717, 1.165) is 44.2 Å². The summed E-state index contributed by atoms with van der Waals surface area (Å²) in [6, 6.07) is 16.2. The number of hydrogen-bond acceptors (Lipinski definition) is 6. The van der Waals surface area contributed by atoms with Crippen molar-refractivity contribution in [3.8, 4) is 5.75 Å². The Balaban J connectivity index is 1.36. The van der Waals surface area contributed by atoms with E-state index < -0.39 is 9.84 Å². The zero-order chi connectivity index (χ0) is 21.4. The highest BCUT2D eigenvalue weighted by atomic mass is 32.2. The van der Waals surface area contributed by atoms with Crippen LogP contribution in [-0.2, 0) is 14.6 Å². The number of piperazine rings is 1. The molecular weight excluding hydrogens is 402 g/mol. The molecule has 0 aromatic heterocycles. The normalized spacial score (nSPS) is 15.0. The summed E-state index contributed by atoms with van der Waals surface area (Å²) >= 11 is 0. The number of para-hydroxylation sites is 2. The van der Waals surface area contributed by atoms with Gasteiger partial charge in [0, 0.05) is 45.7 Å². The molecule has 0 unspecified atom stereocenters. The summed E-state index contributed by atoms with van der Waals surface area (Å²) in [5, 5.41) is 2.84. The molecule has 1 fully saturated rings. The van der Waals surface area contributed by atoms with Crippen LogP contribution < -0.4 is 15.0 Å². The van der Waals surface area contributed by atoms with Crippen molar-refractivity contribution in [3.63, 3.8) is 0 Å². The molecule has 1 aliphatic rings. The number of carbonyl (C=O) groups excluding carboxylic acids is 1. The second kappa shape index (κ2) is 10.4. The molecule has 1 aliphatic heterocycles. The molecule has 1 amide bonds. The molecule has 0 atom stereocenters. The third-order valence-electron chi connectivity index (χ3n) is 5.25. The molecule has 8 heteroatoms. The molecule has 1 N–H and O–H groups in total. The summed E-state index contributed by atoms with van der Waals surface area (Å²) in [5.74, 6) is 0.464. The molecule has 2 aromatic rings. The van der Waals surface area contributed by atoms with Gasteiger partial charge in [-0.3, -0.25) is 9.69 Å². The minimum absolute atomic E-state index is 0.0290. The standard InChI is InChI=1S/C22H29N3O4S/c1-29-21-10-6-5-9-20(21)25-16-14-24(15-17-25)13-12-23-22(26)11-18-30(27,28)19-7-3-2-4-8-19/h2-10H,11-18H2,1H3,(H,23,26). The molecule has 7 nitrogen and oxygen atoms in total. The quantitative estimate of drug-likeness (QED) is 0.652. The van der Waals surface area contributed by atoms with Gasteiger partial charge in [-0.15, -0.1) is 0 Å². The topological polar surface area (TPSA) is 79.0 Å². The van der Waals surface area contributed by atoms with Crippen LogP contribution in [0.15, 0.2) is 59.5 Å². The van der Waals surface area contributed by atoms with Crippen LogP contribution in [0.4, 0.5) is 5.69 Å². The van der Waals surface area contributed by atoms with Crippen LogP contribution in [0.25, 0.3) is 0 Å². The van der Waals surface area contributed by atoms with E-state index in [9.17, 15) is 13.2 Å². The number of benzene rings is 2. The Labute approximate surface area is 178 Å². The number of hydrogen-bond donors (Lipinski definition) is 1. The van der Waals surface area contributed by atoms with E-state index >= 15 is 0 Å². The fourth-order valence-corrected chi connectivity index (χ4v) is 4.78. The van der Waals surface area contributed by atoms with Crippen LogP contribution in [0.1, 0.15) is 6.42 Å². The monoisotopic (exact) mass is 431 g/mol. The van der Waals surface area contributed by atoms with Crippen molar-refractivity contribution in [3.05, 3.63) is 54.6 Å². The van der Waals surface area contributed by atoms with Crippen LogP contribution >= 0.6 is 0 Å². The number of sulfone groups is 1. The molecule has 0 aliphatic carbocycles. The summed E-state index contributed by atoms with van der Waals surface area (Å²) in [5.41, 5.74) is 1.10. The van der Waals surface area contributed by atoms with Gasteiger partial charge in [0.15, 0.2) is 9.84 Å². The van der Waals surface area contributed by atoms with E-state index in [1.165, 1.54) is 0 Å². The number of anilines is 1. The Morgan fingerprint density at radius 1 is 1.00 bits per heavy atom. The van der Waals surface area contributed by atoms with Gasteiger partial charge in [0.05, 0.1) is 23.4 Å². The van der Waals surface area contributed by atoms with E-state index in [2.05, 4.69) is 21.2 Å². The van der Waals surface area contributed by atoms with Crippen LogP contribution in [-0.4, -0.2) is 71.4 Å². The fourth-order valence-electron chi connectivity index (χ4n) is 3.52. The largest absolute Gasteiger partial charge is 0.495 e. The third kappa shape index (κ3) is 5.96. The predicted molar refractivity (Wildman–Crippen MR) is 118 cm³/mol. The lowest BCUT2D eigenvalue weighted by Gasteiger charge is -2.36. The smallest absolute Gasteiger partial charge is 0.221 e. The second-order valence-electron chi connectivity index (χ2n) is 7.23. The van der Waals surface area contributed by atoms with Gasteiger partial charge in [0.1, 0.15) is 5.75 Å². The maximum atomic E-state index is 12.2. The number of ether oxygens (including phenoxy) is 1. The molecule has 30 heavy (non-hydrogen) atoms. The number of amides is 1. The first kappa shape index (κ1) is 22.1. The number of carbonyl (C=O) groups is 1. The zero-order valence-electron chi connectivity index (χ0n) is 17.3. The summed E-state index contributed by atoms with van der Waals surface area (Å²) in [7, 11) is -1.74. The number of rotatable bonds is 9. The van der Waals surface area contributed by atoms with Crippen molar-refractivity contribution in [2.45, 2.75) is 11.3 Å². The van der Waals surface area contributed by atoms with E-state index in [1.54, 1.807) is 37.4 Å². The molecule has 0 saturated carbocycles. The molecule has 0 spiro atoms. The lowest BCUT2D eigenvalue weighted by atomic mass is 10.2. The Morgan fingerprint density at radius 3 is 2.37 bits per heavy atom. The second-order valence-corrected chi connectivity index (χ2v) is 9.34. The number of methoxy groups -OCH3 is 1. The maximum absolute atomic E-state index is 12.2. The molecule has 3 rings (SSSR count). The molecular formula is C22H29N3O4S. The summed E-state index contributed by atoms with van der Waals surface area (Å²) < 4.78 is 29.9. The predicted octanol–water partition coefficient (Wildman–Crippen LogP) is 1.80. The van der Waals surface area contributed by atoms with E-state index in [4.69, 9.17) is 4.74 Å². The Bertz CT molecular complexity index is 926. The van der Waals surface area contributed by atoms with Gasteiger partial charge in [-0.1, -0.05) is 30.3 Å². The molecule has 1 saturated heterocycles. The average molecular weight is 432 g/mol. The molecule has 0 radical (unpaired) electrons. The Kier molecular flexibility index (Phi) is 7.70. The van der Waals surface area contributed by atoms with Gasteiger partial charge in [-0.2, -0.15) is 0 Å². The maximum Gasteiger partial charge on any atom is 0.221 e. The molecule has 1 heterocycles. The number of nitrogens with one attached hydrogen (secondary N) is 1. The van der Waals surface area contributed by atoms with E-state index in [1.807, 2.05) is 18.2 Å². The van der Waals surface area contributed by atoms with E-state index in [-0.39, 0.29) is 23.0 Å². The lowest BCUT2D eigenvalue weighted by Crippen LogP contribution is -2.48. The number of nitrogens with zero attached hydrogens (tertiary/aromatic N) is 2. The van der Waals surface area contributed by atoms with Gasteiger partial charge in [0.2, 0.25) is 5.91 Å². The van der Waals surface area contributed by atoms with Crippen molar-refractivity contribution in [2.24, 2.45) is 0 Å². The van der Waals surface area contributed by atoms with Gasteiger partial charge in [-0.05, 0) is 24.3 Å². The first-order valence-corrected chi connectivity index (χ1v) is 11.8. The van der Waals surface area contributed by atoms with Crippen molar-refractivity contribution in [1.29, 1.82) is 0 Å². The van der Waals surface area contributed by atoms with Gasteiger partial charge in [0.25, 0.3) is 0 Å². The van der Waals surface area contributed by atoms with Gasteiger partial charge in [-0.25, -0.2) is 8.42 Å². The van der Waals surface area contributed by atoms with Crippen LogP contribution in [0.3, 0.4) is 0 Å². The van der Waals surface area contributed by atoms with Crippen molar-refractivity contribution in [1.82, 2.24) is 10.2 Å². The average Bonchev–Trinajstić information content (AvgIpc) is 2.79. The minimum Gasteiger partial charge on any atom is -0.495 e. The Hall–Kier alpha value is -2.58. The van der Waals surface area contributed by atoms with Crippen molar-refractivity contribution >= 4 is 21.4 Å². The van der Waals surface area contributed by atoms with Crippen LogP contribution in [0.2, 0.25) is 0 Å². The lowest BCUT2D eigenvalue weighted by molar-refractivity contribution is -0.120. The zero-order valence-corrected chi connectivity index (χ0v) is 18.1. The van der Waals surface area contributed by atoms with Gasteiger partial charge < -0.3 is 15.0 Å². The molecule has 0 bridgehead atoms. The van der Waals surface area contributed by atoms with E-state index in [0.29, 0.717) is 6.54 Å². The molecule has 2 aromatic carbocycles. The minimum atomic E-state index is -3.43. The molecule has 162 valence electrons.